The molecule has 0 aliphatic heterocycles. The number of hydrogen-bond acceptors (Lipinski definition) is 4. The first kappa shape index (κ1) is 16.4. The summed E-state index contributed by atoms with van der Waals surface area (Å²) in [6.45, 7) is 0.354. The summed E-state index contributed by atoms with van der Waals surface area (Å²) < 4.78 is 0. The Morgan fingerprint density at radius 2 is 2.00 bits per heavy atom. The number of benzene rings is 2. The molecule has 116 valence electrons. The van der Waals surface area contributed by atoms with E-state index in [2.05, 4.69) is 10.6 Å². The van der Waals surface area contributed by atoms with Gasteiger partial charge in [-0.05, 0) is 23.8 Å². The van der Waals surface area contributed by atoms with Crippen molar-refractivity contribution in [2.24, 2.45) is 0 Å². The van der Waals surface area contributed by atoms with Crippen LogP contribution in [0.25, 0.3) is 0 Å². The molecule has 4 N–H and O–H groups in total. The third-order valence-electron chi connectivity index (χ3n) is 3.04. The van der Waals surface area contributed by atoms with Crippen LogP contribution in [0.15, 0.2) is 60.3 Å². The van der Waals surface area contributed by atoms with Crippen molar-refractivity contribution in [2.75, 3.05) is 11.1 Å². The van der Waals surface area contributed by atoms with Crippen molar-refractivity contribution < 1.29 is 4.79 Å². The Morgan fingerprint density at radius 3 is 2.65 bits per heavy atom. The molecule has 0 saturated heterocycles. The molecule has 0 bridgehead atoms. The molecule has 0 unspecified atom stereocenters. The molecule has 2 aromatic carbocycles. The van der Waals surface area contributed by atoms with Crippen LogP contribution in [0, 0.1) is 11.3 Å². The molecular formula is C17H15ClN4O. The lowest BCUT2D eigenvalue weighted by Crippen LogP contribution is -2.24. The van der Waals surface area contributed by atoms with Crippen LogP contribution in [0.1, 0.15) is 5.56 Å². The average Bonchev–Trinajstić information content (AvgIpc) is 2.57. The largest absolute Gasteiger partial charge is 0.398 e. The van der Waals surface area contributed by atoms with E-state index in [4.69, 9.17) is 22.6 Å². The van der Waals surface area contributed by atoms with Gasteiger partial charge in [-0.25, -0.2) is 0 Å². The van der Waals surface area contributed by atoms with Crippen molar-refractivity contribution >= 4 is 28.9 Å². The van der Waals surface area contributed by atoms with Gasteiger partial charge in [0, 0.05) is 18.4 Å². The van der Waals surface area contributed by atoms with Crippen molar-refractivity contribution in [2.45, 2.75) is 6.54 Å². The van der Waals surface area contributed by atoms with Gasteiger partial charge in [0.15, 0.2) is 0 Å². The lowest BCUT2D eigenvalue weighted by Gasteiger charge is -2.06. The van der Waals surface area contributed by atoms with Gasteiger partial charge in [0.25, 0.3) is 5.91 Å². The third kappa shape index (κ3) is 4.77. The minimum absolute atomic E-state index is 0.0334. The molecule has 6 heteroatoms. The Balaban J connectivity index is 1.99. The van der Waals surface area contributed by atoms with Crippen molar-refractivity contribution in [3.05, 3.63) is 70.9 Å². The standard InChI is InChI=1S/C17H15ClN4O/c18-15-8-14(6-7-16(15)20)21-11-13(9-19)17(23)22-10-12-4-2-1-3-5-12/h1-8,11,21H,10,20H2,(H,22,23)/b13-11-. The fraction of sp³-hybridized carbons (Fsp3) is 0.0588. The number of hydrogen-bond donors (Lipinski definition) is 3. The number of halogens is 1. The molecule has 0 spiro atoms. The number of rotatable bonds is 5. The maximum Gasteiger partial charge on any atom is 0.263 e. The van der Waals surface area contributed by atoms with Crippen molar-refractivity contribution in [3.63, 3.8) is 0 Å². The van der Waals surface area contributed by atoms with E-state index < -0.39 is 5.91 Å². The Kier molecular flexibility index (Phi) is 5.61. The molecule has 23 heavy (non-hydrogen) atoms. The number of carbonyl (C=O) groups excluding carboxylic acids is 1. The predicted octanol–water partition coefficient (Wildman–Crippen LogP) is 3.06. The summed E-state index contributed by atoms with van der Waals surface area (Å²) in [5.41, 5.74) is 7.64. The van der Waals surface area contributed by atoms with E-state index in [0.29, 0.717) is 22.9 Å². The van der Waals surface area contributed by atoms with Gasteiger partial charge in [0.1, 0.15) is 11.6 Å². The van der Waals surface area contributed by atoms with E-state index in [1.807, 2.05) is 36.4 Å². The summed E-state index contributed by atoms with van der Waals surface area (Å²) >= 11 is 5.91. The van der Waals surface area contributed by atoms with Crippen LogP contribution in [0.5, 0.6) is 0 Å². The topological polar surface area (TPSA) is 90.9 Å². The van der Waals surface area contributed by atoms with Gasteiger partial charge >= 0.3 is 0 Å². The van der Waals surface area contributed by atoms with Crippen LogP contribution >= 0.6 is 11.6 Å². The van der Waals surface area contributed by atoms with Gasteiger partial charge in [-0.1, -0.05) is 41.9 Å². The number of nitrogens with zero attached hydrogens (tertiary/aromatic N) is 1. The molecule has 2 rings (SSSR count). The van der Waals surface area contributed by atoms with Gasteiger partial charge < -0.3 is 16.4 Å². The summed E-state index contributed by atoms with van der Waals surface area (Å²) in [7, 11) is 0. The molecule has 0 fully saturated rings. The van der Waals surface area contributed by atoms with Crippen molar-refractivity contribution in [1.82, 2.24) is 5.32 Å². The second-order valence-corrected chi connectivity index (χ2v) is 5.13. The summed E-state index contributed by atoms with van der Waals surface area (Å²) in [6.07, 6.45) is 1.34. The number of nitrogens with two attached hydrogens (primary N) is 1. The van der Waals surface area contributed by atoms with Crippen molar-refractivity contribution in [3.8, 4) is 6.07 Å². The van der Waals surface area contributed by atoms with Crippen LogP contribution in [0.4, 0.5) is 11.4 Å². The van der Waals surface area contributed by atoms with E-state index in [1.165, 1.54) is 6.20 Å². The number of anilines is 2. The Hall–Kier alpha value is -2.97. The van der Waals surface area contributed by atoms with E-state index in [-0.39, 0.29) is 5.57 Å². The van der Waals surface area contributed by atoms with Crippen molar-refractivity contribution in [1.29, 1.82) is 5.26 Å². The van der Waals surface area contributed by atoms with Gasteiger partial charge in [-0.3, -0.25) is 4.79 Å². The van der Waals surface area contributed by atoms with Crippen LogP contribution < -0.4 is 16.4 Å². The first-order chi connectivity index (χ1) is 11.1. The molecule has 2 aromatic rings. The monoisotopic (exact) mass is 326 g/mol. The molecule has 0 aliphatic carbocycles. The normalized spacial score (nSPS) is 10.7. The predicted molar refractivity (Wildman–Crippen MR) is 91.5 cm³/mol. The van der Waals surface area contributed by atoms with Crippen LogP contribution in [-0.4, -0.2) is 5.91 Å². The van der Waals surface area contributed by atoms with Gasteiger partial charge in [0.2, 0.25) is 0 Å². The number of amides is 1. The fourth-order valence-electron chi connectivity index (χ4n) is 1.79. The highest BCUT2D eigenvalue weighted by Gasteiger charge is 2.08. The van der Waals surface area contributed by atoms with Gasteiger partial charge in [-0.2, -0.15) is 5.26 Å². The Bertz CT molecular complexity index is 766. The third-order valence-corrected chi connectivity index (χ3v) is 3.37. The van der Waals surface area contributed by atoms with E-state index in [1.54, 1.807) is 18.2 Å². The molecule has 0 aliphatic rings. The fourth-order valence-corrected chi connectivity index (χ4v) is 1.97. The Labute approximate surface area is 139 Å². The zero-order valence-electron chi connectivity index (χ0n) is 12.2. The molecule has 0 heterocycles. The lowest BCUT2D eigenvalue weighted by atomic mass is 10.2. The second-order valence-electron chi connectivity index (χ2n) is 4.72. The molecule has 0 radical (unpaired) electrons. The molecule has 0 saturated carbocycles. The average molecular weight is 327 g/mol. The first-order valence-electron chi connectivity index (χ1n) is 6.84. The van der Waals surface area contributed by atoms with E-state index >= 15 is 0 Å². The minimum atomic E-state index is -0.453. The number of nitriles is 1. The maximum absolute atomic E-state index is 12.0. The molecule has 0 atom stereocenters. The SMILES string of the molecule is N#C/C(=C/Nc1ccc(N)c(Cl)c1)C(=O)NCc1ccccc1. The highest BCUT2D eigenvalue weighted by atomic mass is 35.5. The summed E-state index contributed by atoms with van der Waals surface area (Å²) in [4.78, 5) is 12.0. The zero-order valence-corrected chi connectivity index (χ0v) is 13.0. The molecule has 1 amide bonds. The van der Waals surface area contributed by atoms with Gasteiger partial charge in [0.05, 0.1) is 10.7 Å². The van der Waals surface area contributed by atoms with Crippen LogP contribution in [0.2, 0.25) is 5.02 Å². The van der Waals surface area contributed by atoms with Crippen LogP contribution in [0.3, 0.4) is 0 Å². The molecular weight excluding hydrogens is 312 g/mol. The number of nitrogens with one attached hydrogen (secondary N) is 2. The van der Waals surface area contributed by atoms with E-state index in [9.17, 15) is 4.79 Å². The highest BCUT2D eigenvalue weighted by molar-refractivity contribution is 6.33. The number of nitrogen functional groups attached to an aromatic ring is 1. The second kappa shape index (κ2) is 7.87. The molecule has 0 aromatic heterocycles. The smallest absolute Gasteiger partial charge is 0.263 e. The zero-order chi connectivity index (χ0) is 16.7. The van der Waals surface area contributed by atoms with E-state index in [0.717, 1.165) is 5.56 Å². The summed E-state index contributed by atoms with van der Waals surface area (Å²) in [6, 6.07) is 16.3. The Morgan fingerprint density at radius 1 is 1.26 bits per heavy atom. The maximum atomic E-state index is 12.0. The summed E-state index contributed by atoms with van der Waals surface area (Å²) in [5.74, 6) is -0.453. The minimum Gasteiger partial charge on any atom is -0.398 e. The lowest BCUT2D eigenvalue weighted by molar-refractivity contribution is -0.117. The quantitative estimate of drug-likeness (QED) is 0.447. The number of carbonyl (C=O) groups is 1. The van der Waals surface area contributed by atoms with Crippen LogP contribution in [-0.2, 0) is 11.3 Å². The van der Waals surface area contributed by atoms with Gasteiger partial charge in [-0.15, -0.1) is 0 Å². The highest BCUT2D eigenvalue weighted by Crippen LogP contribution is 2.22. The first-order valence-corrected chi connectivity index (χ1v) is 7.22. The summed E-state index contributed by atoms with van der Waals surface area (Å²) in [5, 5.41) is 15.1. The molecule has 5 nitrogen and oxygen atoms in total.